The standard InChI is InChI=1S/C20H22FN5O/c21-18-5-4-14-11-16(18)17-12-23-26-9-6-19(24-20(17)26)22-7-10-25-8-2-1-3-15(13-25)27-14/h4-6,9,11-12,15H,1-3,7-8,10,13H2,(H,22,24). The summed E-state index contributed by atoms with van der Waals surface area (Å²) >= 11 is 0. The first-order valence-corrected chi connectivity index (χ1v) is 9.53. The minimum Gasteiger partial charge on any atom is -0.489 e. The van der Waals surface area contributed by atoms with Crippen molar-refractivity contribution in [1.82, 2.24) is 19.5 Å². The summed E-state index contributed by atoms with van der Waals surface area (Å²) in [6, 6.07) is 6.86. The number of nitrogens with one attached hydrogen (secondary N) is 1. The first-order valence-electron chi connectivity index (χ1n) is 9.53. The molecular weight excluding hydrogens is 345 g/mol. The number of nitrogens with zero attached hydrogens (tertiary/aromatic N) is 4. The maximum atomic E-state index is 14.6. The zero-order valence-electron chi connectivity index (χ0n) is 15.1. The number of fused-ring (bicyclic) bond motifs is 6. The van der Waals surface area contributed by atoms with Crippen LogP contribution in [-0.2, 0) is 0 Å². The molecular formula is C20H22FN5O. The predicted molar refractivity (Wildman–Crippen MR) is 102 cm³/mol. The van der Waals surface area contributed by atoms with E-state index in [1.165, 1.54) is 12.5 Å². The molecule has 0 radical (unpaired) electrons. The number of ether oxygens (including phenoxy) is 1. The third-order valence-electron chi connectivity index (χ3n) is 5.35. The van der Waals surface area contributed by atoms with Gasteiger partial charge in [0, 0.05) is 37.0 Å². The lowest BCUT2D eigenvalue weighted by atomic mass is 10.1. The molecule has 1 saturated heterocycles. The van der Waals surface area contributed by atoms with Crippen LogP contribution in [0.3, 0.4) is 0 Å². The van der Waals surface area contributed by atoms with Crippen molar-refractivity contribution in [2.24, 2.45) is 0 Å². The van der Waals surface area contributed by atoms with Crippen LogP contribution in [-0.4, -0.2) is 51.8 Å². The maximum absolute atomic E-state index is 14.6. The number of anilines is 1. The molecule has 2 aliphatic heterocycles. The Hall–Kier alpha value is -2.67. The zero-order chi connectivity index (χ0) is 18.2. The van der Waals surface area contributed by atoms with E-state index < -0.39 is 0 Å². The Morgan fingerprint density at radius 1 is 1.15 bits per heavy atom. The SMILES string of the molecule is Fc1ccc2cc1-c1cnn3ccc(nc13)NCCN1CCCCC(C1)O2. The fraction of sp³-hybridized carbons (Fsp3) is 0.400. The predicted octanol–water partition coefficient (Wildman–Crippen LogP) is 3.19. The topological polar surface area (TPSA) is 54.7 Å². The molecule has 1 N–H and O–H groups in total. The van der Waals surface area contributed by atoms with Gasteiger partial charge in [-0.3, -0.25) is 4.90 Å². The van der Waals surface area contributed by atoms with E-state index in [1.54, 1.807) is 22.8 Å². The Labute approximate surface area is 157 Å². The van der Waals surface area contributed by atoms with Crippen LogP contribution in [0.25, 0.3) is 16.8 Å². The summed E-state index contributed by atoms with van der Waals surface area (Å²) in [5.74, 6) is 1.18. The highest BCUT2D eigenvalue weighted by Crippen LogP contribution is 2.31. The van der Waals surface area contributed by atoms with E-state index in [-0.39, 0.29) is 11.9 Å². The lowest BCUT2D eigenvalue weighted by molar-refractivity contribution is 0.144. The van der Waals surface area contributed by atoms with Crippen molar-refractivity contribution < 1.29 is 9.13 Å². The first-order chi connectivity index (χ1) is 13.3. The highest BCUT2D eigenvalue weighted by molar-refractivity contribution is 5.78. The molecule has 27 heavy (non-hydrogen) atoms. The van der Waals surface area contributed by atoms with Gasteiger partial charge in [0.2, 0.25) is 0 Å². The van der Waals surface area contributed by atoms with Gasteiger partial charge in [0.1, 0.15) is 23.5 Å². The van der Waals surface area contributed by atoms with Crippen LogP contribution in [0.2, 0.25) is 0 Å². The van der Waals surface area contributed by atoms with Crippen molar-refractivity contribution in [2.75, 3.05) is 31.5 Å². The van der Waals surface area contributed by atoms with Gasteiger partial charge in [0.05, 0.1) is 6.20 Å². The molecule has 1 fully saturated rings. The molecule has 6 bridgehead atoms. The van der Waals surface area contributed by atoms with Gasteiger partial charge in [-0.05, 0) is 50.1 Å². The zero-order valence-corrected chi connectivity index (χ0v) is 15.1. The third kappa shape index (κ3) is 3.23. The van der Waals surface area contributed by atoms with E-state index in [9.17, 15) is 4.39 Å². The molecule has 2 atom stereocenters. The van der Waals surface area contributed by atoms with E-state index in [0.29, 0.717) is 22.5 Å². The van der Waals surface area contributed by atoms with Crippen LogP contribution in [0.5, 0.6) is 5.75 Å². The van der Waals surface area contributed by atoms with Crippen molar-refractivity contribution in [1.29, 1.82) is 0 Å². The Bertz CT molecular complexity index is 972. The Morgan fingerprint density at radius 2 is 2.11 bits per heavy atom. The molecule has 2 aliphatic rings. The summed E-state index contributed by atoms with van der Waals surface area (Å²) in [6.45, 7) is 3.71. The van der Waals surface area contributed by atoms with Gasteiger partial charge >= 0.3 is 0 Å². The molecule has 2 unspecified atom stereocenters. The molecule has 0 saturated carbocycles. The van der Waals surface area contributed by atoms with Crippen LogP contribution in [0.15, 0.2) is 36.7 Å². The fourth-order valence-corrected chi connectivity index (χ4v) is 3.95. The number of aromatic nitrogens is 3. The van der Waals surface area contributed by atoms with Crippen LogP contribution >= 0.6 is 0 Å². The van der Waals surface area contributed by atoms with Gasteiger partial charge in [0.15, 0.2) is 5.65 Å². The van der Waals surface area contributed by atoms with Crippen molar-refractivity contribution in [3.05, 3.63) is 42.5 Å². The Kier molecular flexibility index (Phi) is 4.16. The Balaban J connectivity index is 1.62. The summed E-state index contributed by atoms with van der Waals surface area (Å²) in [5, 5.41) is 7.71. The van der Waals surface area contributed by atoms with Crippen LogP contribution in [0.1, 0.15) is 19.3 Å². The average molecular weight is 367 g/mol. The van der Waals surface area contributed by atoms with Gasteiger partial charge in [-0.2, -0.15) is 5.10 Å². The van der Waals surface area contributed by atoms with Crippen molar-refractivity contribution in [3.8, 4) is 16.9 Å². The molecule has 2 aromatic heterocycles. The highest BCUT2D eigenvalue weighted by Gasteiger charge is 2.21. The molecule has 140 valence electrons. The van der Waals surface area contributed by atoms with Crippen molar-refractivity contribution in [2.45, 2.75) is 25.4 Å². The van der Waals surface area contributed by atoms with Gasteiger partial charge < -0.3 is 10.1 Å². The smallest absolute Gasteiger partial charge is 0.165 e. The van der Waals surface area contributed by atoms with Gasteiger partial charge in [-0.1, -0.05) is 0 Å². The van der Waals surface area contributed by atoms with E-state index in [0.717, 1.165) is 44.8 Å². The Morgan fingerprint density at radius 3 is 3.07 bits per heavy atom. The van der Waals surface area contributed by atoms with Gasteiger partial charge in [-0.25, -0.2) is 13.9 Å². The second-order valence-corrected chi connectivity index (χ2v) is 7.24. The lowest BCUT2D eigenvalue weighted by Gasteiger charge is -2.25. The molecule has 4 heterocycles. The molecule has 7 heteroatoms. The molecule has 1 aromatic carbocycles. The summed E-state index contributed by atoms with van der Waals surface area (Å²) in [5.41, 5.74) is 1.77. The van der Waals surface area contributed by atoms with Crippen LogP contribution in [0, 0.1) is 5.82 Å². The van der Waals surface area contributed by atoms with Crippen LogP contribution < -0.4 is 10.1 Å². The molecule has 0 spiro atoms. The molecule has 5 rings (SSSR count). The second-order valence-electron chi connectivity index (χ2n) is 7.24. The fourth-order valence-electron chi connectivity index (χ4n) is 3.95. The minimum absolute atomic E-state index is 0.122. The summed E-state index contributed by atoms with van der Waals surface area (Å²) in [4.78, 5) is 7.09. The first kappa shape index (κ1) is 16.5. The van der Waals surface area contributed by atoms with E-state index in [4.69, 9.17) is 4.74 Å². The molecule has 0 aliphatic carbocycles. The van der Waals surface area contributed by atoms with E-state index in [2.05, 4.69) is 20.3 Å². The molecule has 6 nitrogen and oxygen atoms in total. The number of benzene rings is 1. The maximum Gasteiger partial charge on any atom is 0.165 e. The number of halogens is 1. The van der Waals surface area contributed by atoms with Gasteiger partial charge in [0.25, 0.3) is 0 Å². The summed E-state index contributed by atoms with van der Waals surface area (Å²) < 4.78 is 22.5. The van der Waals surface area contributed by atoms with Crippen molar-refractivity contribution in [3.63, 3.8) is 0 Å². The van der Waals surface area contributed by atoms with Crippen LogP contribution in [0.4, 0.5) is 10.2 Å². The largest absolute Gasteiger partial charge is 0.489 e. The monoisotopic (exact) mass is 367 g/mol. The van der Waals surface area contributed by atoms with Crippen molar-refractivity contribution >= 4 is 11.5 Å². The summed E-state index contributed by atoms with van der Waals surface area (Å²) in [7, 11) is 0. The number of hydrogen-bond acceptors (Lipinski definition) is 5. The van der Waals surface area contributed by atoms with E-state index >= 15 is 0 Å². The average Bonchev–Trinajstić information content (AvgIpc) is 2.95. The normalized spacial score (nSPS) is 22.6. The number of hydrogen-bond donors (Lipinski definition) is 1. The highest BCUT2D eigenvalue weighted by atomic mass is 19.1. The number of rotatable bonds is 0. The lowest BCUT2D eigenvalue weighted by Crippen LogP contribution is -2.37. The minimum atomic E-state index is -0.299. The second kappa shape index (κ2) is 6.81. The van der Waals surface area contributed by atoms with E-state index in [1.807, 2.05) is 12.3 Å². The quantitative estimate of drug-likeness (QED) is 0.661. The summed E-state index contributed by atoms with van der Waals surface area (Å²) in [6.07, 6.45) is 6.98. The molecule has 3 aromatic rings. The van der Waals surface area contributed by atoms with Gasteiger partial charge in [-0.15, -0.1) is 0 Å². The third-order valence-corrected chi connectivity index (χ3v) is 5.35. The molecule has 0 amide bonds.